The number of hydrogen-bond donors (Lipinski definition) is 1. The van der Waals surface area contributed by atoms with E-state index < -0.39 is 23.4 Å². The van der Waals surface area contributed by atoms with Gasteiger partial charge in [-0.15, -0.1) is 0 Å². The SMILES string of the molecule is CC(COCc1cc2n(n1)CCN(c1ncc(C(F)(F)F)cn1)C2)N(C(=O)O)C(C)(C)C. The number of aromatic nitrogens is 4. The van der Waals surface area contributed by atoms with E-state index in [9.17, 15) is 23.1 Å². The molecule has 176 valence electrons. The van der Waals surface area contributed by atoms with Crippen molar-refractivity contribution in [3.63, 3.8) is 0 Å². The van der Waals surface area contributed by atoms with E-state index in [1.807, 2.05) is 31.5 Å². The lowest BCUT2D eigenvalue weighted by Crippen LogP contribution is -2.51. The molecule has 1 unspecified atom stereocenters. The first-order chi connectivity index (χ1) is 14.9. The topological polar surface area (TPSA) is 96.6 Å². The molecule has 32 heavy (non-hydrogen) atoms. The zero-order valence-electron chi connectivity index (χ0n) is 18.4. The number of amides is 1. The number of hydrogen-bond acceptors (Lipinski definition) is 6. The molecule has 0 saturated carbocycles. The second-order valence-corrected chi connectivity index (χ2v) is 8.73. The van der Waals surface area contributed by atoms with E-state index in [0.29, 0.717) is 25.3 Å². The molecule has 1 N–H and O–H groups in total. The van der Waals surface area contributed by atoms with Crippen molar-refractivity contribution in [3.05, 3.63) is 35.4 Å². The highest BCUT2D eigenvalue weighted by Gasteiger charge is 2.32. The number of carbonyl (C=O) groups is 1. The standard InChI is InChI=1S/C20H27F3N6O3/c1-13(29(18(30)31)19(2,3)4)11-32-12-15-7-16-10-27(5-6-28(16)26-15)17-24-8-14(9-25-17)20(21,22)23/h7-9,13H,5-6,10-12H2,1-4H3,(H,30,31). The van der Waals surface area contributed by atoms with E-state index in [2.05, 4.69) is 15.1 Å². The molecule has 0 radical (unpaired) electrons. The van der Waals surface area contributed by atoms with Crippen LogP contribution in [0.2, 0.25) is 0 Å². The highest BCUT2D eigenvalue weighted by atomic mass is 19.4. The number of anilines is 1. The van der Waals surface area contributed by atoms with Crippen molar-refractivity contribution in [2.24, 2.45) is 0 Å². The Morgan fingerprint density at radius 3 is 2.47 bits per heavy atom. The molecule has 2 aromatic rings. The van der Waals surface area contributed by atoms with Crippen LogP contribution in [0.3, 0.4) is 0 Å². The van der Waals surface area contributed by atoms with Crippen molar-refractivity contribution in [2.75, 3.05) is 18.1 Å². The average Bonchev–Trinajstić information content (AvgIpc) is 3.07. The van der Waals surface area contributed by atoms with Crippen molar-refractivity contribution in [2.45, 2.75) is 65.1 Å². The van der Waals surface area contributed by atoms with Gasteiger partial charge >= 0.3 is 12.3 Å². The summed E-state index contributed by atoms with van der Waals surface area (Å²) >= 11 is 0. The van der Waals surface area contributed by atoms with Crippen LogP contribution in [0.4, 0.5) is 23.9 Å². The maximum Gasteiger partial charge on any atom is 0.419 e. The summed E-state index contributed by atoms with van der Waals surface area (Å²) in [6.07, 6.45) is -3.91. The van der Waals surface area contributed by atoms with Crippen LogP contribution >= 0.6 is 0 Å². The van der Waals surface area contributed by atoms with Crippen molar-refractivity contribution in [1.29, 1.82) is 0 Å². The number of fused-ring (bicyclic) bond motifs is 1. The summed E-state index contributed by atoms with van der Waals surface area (Å²) in [7, 11) is 0. The Morgan fingerprint density at radius 2 is 1.91 bits per heavy atom. The maximum absolute atomic E-state index is 12.7. The van der Waals surface area contributed by atoms with Gasteiger partial charge < -0.3 is 14.7 Å². The monoisotopic (exact) mass is 456 g/mol. The fourth-order valence-corrected chi connectivity index (χ4v) is 3.74. The third kappa shape index (κ3) is 5.47. The van der Waals surface area contributed by atoms with Gasteiger partial charge in [-0.3, -0.25) is 9.58 Å². The van der Waals surface area contributed by atoms with Gasteiger partial charge in [0, 0.05) is 24.5 Å². The van der Waals surface area contributed by atoms with Gasteiger partial charge in [0.25, 0.3) is 0 Å². The Morgan fingerprint density at radius 1 is 1.25 bits per heavy atom. The molecule has 12 heteroatoms. The van der Waals surface area contributed by atoms with Crippen LogP contribution in [0.5, 0.6) is 0 Å². The molecule has 3 rings (SSSR count). The summed E-state index contributed by atoms with van der Waals surface area (Å²) in [6, 6.07) is 1.52. The molecule has 0 bridgehead atoms. The van der Waals surface area contributed by atoms with E-state index in [4.69, 9.17) is 4.74 Å². The Kier molecular flexibility index (Phi) is 6.63. The summed E-state index contributed by atoms with van der Waals surface area (Å²) in [5, 5.41) is 14.0. The summed E-state index contributed by atoms with van der Waals surface area (Å²) < 4.78 is 45.7. The van der Waals surface area contributed by atoms with Crippen LogP contribution in [-0.2, 0) is 30.6 Å². The zero-order valence-corrected chi connectivity index (χ0v) is 18.4. The molecule has 0 aromatic carbocycles. The molecule has 1 atom stereocenters. The first kappa shape index (κ1) is 23.8. The first-order valence-electron chi connectivity index (χ1n) is 10.2. The molecule has 0 fully saturated rings. The Hall–Kier alpha value is -2.89. The molecular weight excluding hydrogens is 429 g/mol. The average molecular weight is 456 g/mol. The van der Waals surface area contributed by atoms with Crippen LogP contribution < -0.4 is 4.90 Å². The van der Waals surface area contributed by atoms with Gasteiger partial charge in [0.1, 0.15) is 0 Å². The van der Waals surface area contributed by atoms with Crippen molar-refractivity contribution in [3.8, 4) is 0 Å². The molecule has 1 aliphatic rings. The van der Waals surface area contributed by atoms with Crippen LogP contribution in [-0.4, -0.2) is 60.6 Å². The number of rotatable bonds is 6. The predicted octanol–water partition coefficient (Wildman–Crippen LogP) is 3.40. The quantitative estimate of drug-likeness (QED) is 0.712. The number of alkyl halides is 3. The van der Waals surface area contributed by atoms with Gasteiger partial charge in [-0.05, 0) is 33.8 Å². The minimum Gasteiger partial charge on any atom is -0.465 e. The van der Waals surface area contributed by atoms with Gasteiger partial charge in [0.05, 0.1) is 49.3 Å². The lowest BCUT2D eigenvalue weighted by Gasteiger charge is -2.37. The van der Waals surface area contributed by atoms with E-state index in [1.165, 1.54) is 4.90 Å². The predicted molar refractivity (Wildman–Crippen MR) is 109 cm³/mol. The largest absolute Gasteiger partial charge is 0.465 e. The fourth-order valence-electron chi connectivity index (χ4n) is 3.74. The van der Waals surface area contributed by atoms with Crippen molar-refractivity contribution < 1.29 is 27.8 Å². The first-order valence-corrected chi connectivity index (χ1v) is 10.2. The van der Waals surface area contributed by atoms with Crippen LogP contribution in [0.1, 0.15) is 44.6 Å². The molecule has 0 saturated heterocycles. The number of halogens is 3. The Bertz CT molecular complexity index is 940. The second kappa shape index (κ2) is 8.93. The zero-order chi connectivity index (χ0) is 23.7. The minimum absolute atomic E-state index is 0.220. The summed E-state index contributed by atoms with van der Waals surface area (Å²) in [5.74, 6) is 0.230. The number of nitrogens with zero attached hydrogens (tertiary/aromatic N) is 6. The molecule has 9 nitrogen and oxygen atoms in total. The van der Waals surface area contributed by atoms with E-state index in [0.717, 1.165) is 18.1 Å². The molecule has 3 heterocycles. The minimum atomic E-state index is -4.47. The van der Waals surface area contributed by atoms with Gasteiger partial charge in [-0.2, -0.15) is 18.3 Å². The summed E-state index contributed by atoms with van der Waals surface area (Å²) in [5.41, 5.74) is 0.129. The second-order valence-electron chi connectivity index (χ2n) is 8.73. The molecule has 0 spiro atoms. The van der Waals surface area contributed by atoms with E-state index >= 15 is 0 Å². The van der Waals surface area contributed by atoms with Gasteiger partial charge in [0.2, 0.25) is 5.95 Å². The lowest BCUT2D eigenvalue weighted by atomic mass is 10.0. The molecule has 1 aliphatic heterocycles. The lowest BCUT2D eigenvalue weighted by molar-refractivity contribution is -0.138. The van der Waals surface area contributed by atoms with Gasteiger partial charge in [0.15, 0.2) is 0 Å². The summed E-state index contributed by atoms with van der Waals surface area (Å²) in [6.45, 7) is 9.16. The Balaban J connectivity index is 1.58. The molecule has 2 aromatic heterocycles. The van der Waals surface area contributed by atoms with Gasteiger partial charge in [-0.25, -0.2) is 14.8 Å². The van der Waals surface area contributed by atoms with Crippen molar-refractivity contribution >= 4 is 12.0 Å². The van der Waals surface area contributed by atoms with Crippen LogP contribution in [0, 0.1) is 0 Å². The van der Waals surface area contributed by atoms with Crippen LogP contribution in [0.15, 0.2) is 18.5 Å². The number of ether oxygens (including phenoxy) is 1. The van der Waals surface area contributed by atoms with Crippen LogP contribution in [0.25, 0.3) is 0 Å². The fraction of sp³-hybridized carbons (Fsp3) is 0.600. The molecular formula is C20H27F3N6O3. The third-order valence-electron chi connectivity index (χ3n) is 5.08. The molecule has 1 amide bonds. The van der Waals surface area contributed by atoms with E-state index in [1.54, 1.807) is 11.8 Å². The highest BCUT2D eigenvalue weighted by Crippen LogP contribution is 2.29. The molecule has 0 aliphatic carbocycles. The summed E-state index contributed by atoms with van der Waals surface area (Å²) in [4.78, 5) is 22.4. The third-order valence-corrected chi connectivity index (χ3v) is 5.08. The normalized spacial score (nSPS) is 15.4. The van der Waals surface area contributed by atoms with Crippen molar-refractivity contribution in [1.82, 2.24) is 24.6 Å². The van der Waals surface area contributed by atoms with Gasteiger partial charge in [-0.1, -0.05) is 0 Å². The maximum atomic E-state index is 12.7. The number of carboxylic acid groups (broad SMARTS) is 1. The van der Waals surface area contributed by atoms with E-state index in [-0.39, 0.29) is 25.2 Å². The smallest absolute Gasteiger partial charge is 0.419 e. The Labute approximate surface area is 183 Å². The highest BCUT2D eigenvalue weighted by molar-refractivity contribution is 5.66.